The number of halogens is 1. The summed E-state index contributed by atoms with van der Waals surface area (Å²) in [5, 5.41) is 0. The zero-order chi connectivity index (χ0) is 13.0. The second-order valence-corrected chi connectivity index (χ2v) is 4.33. The summed E-state index contributed by atoms with van der Waals surface area (Å²) in [7, 11) is 3.02. The molecule has 0 bridgehead atoms. The van der Waals surface area contributed by atoms with E-state index in [0.717, 1.165) is 0 Å². The van der Waals surface area contributed by atoms with Gasteiger partial charge in [0.25, 0.3) is 0 Å². The van der Waals surface area contributed by atoms with E-state index in [1.807, 2.05) is 13.8 Å². The van der Waals surface area contributed by atoms with Gasteiger partial charge < -0.3 is 15.2 Å². The van der Waals surface area contributed by atoms with Crippen LogP contribution in [0.3, 0.4) is 0 Å². The van der Waals surface area contributed by atoms with Gasteiger partial charge in [0.05, 0.1) is 19.3 Å². The normalized spacial score (nSPS) is 14.8. The first-order chi connectivity index (χ1) is 8.02. The maximum Gasteiger partial charge on any atom is 0.169 e. The van der Waals surface area contributed by atoms with Crippen LogP contribution >= 0.6 is 0 Å². The first-order valence-electron chi connectivity index (χ1n) is 5.63. The van der Waals surface area contributed by atoms with Crippen molar-refractivity contribution in [3.63, 3.8) is 0 Å². The van der Waals surface area contributed by atoms with Gasteiger partial charge in [0.2, 0.25) is 0 Å². The Hall–Kier alpha value is -1.13. The van der Waals surface area contributed by atoms with Crippen LogP contribution in [0.4, 0.5) is 4.39 Å². The van der Waals surface area contributed by atoms with E-state index in [1.54, 1.807) is 25.3 Å². The van der Waals surface area contributed by atoms with Gasteiger partial charge in [-0.05, 0) is 12.0 Å². The molecule has 2 atom stereocenters. The van der Waals surface area contributed by atoms with Gasteiger partial charge in [0.15, 0.2) is 11.6 Å². The van der Waals surface area contributed by atoms with Crippen LogP contribution in [-0.4, -0.2) is 20.3 Å². The molecular weight excluding hydrogens is 221 g/mol. The molecule has 0 aliphatic rings. The Morgan fingerprint density at radius 2 is 1.88 bits per heavy atom. The van der Waals surface area contributed by atoms with E-state index in [2.05, 4.69) is 0 Å². The fourth-order valence-corrected chi connectivity index (χ4v) is 1.95. The number of benzene rings is 1. The number of hydrogen-bond acceptors (Lipinski definition) is 3. The average Bonchev–Trinajstić information content (AvgIpc) is 2.29. The molecule has 0 saturated heterocycles. The van der Waals surface area contributed by atoms with Crippen LogP contribution in [0.1, 0.15) is 25.5 Å². The number of ether oxygens (including phenoxy) is 2. The van der Waals surface area contributed by atoms with Crippen molar-refractivity contribution in [1.82, 2.24) is 0 Å². The van der Waals surface area contributed by atoms with Gasteiger partial charge in [-0.15, -0.1) is 0 Å². The number of nitrogens with two attached hydrogens (primary N) is 1. The number of hydrogen-bond donors (Lipinski definition) is 1. The fourth-order valence-electron chi connectivity index (χ4n) is 1.95. The van der Waals surface area contributed by atoms with Gasteiger partial charge in [-0.2, -0.15) is 0 Å². The Balaban J connectivity index is 3.07. The van der Waals surface area contributed by atoms with Gasteiger partial charge in [-0.3, -0.25) is 0 Å². The molecule has 0 saturated carbocycles. The van der Waals surface area contributed by atoms with Crippen LogP contribution in [0.25, 0.3) is 0 Å². The zero-order valence-corrected chi connectivity index (χ0v) is 10.7. The molecule has 3 nitrogen and oxygen atoms in total. The van der Waals surface area contributed by atoms with E-state index < -0.39 is 11.9 Å². The first kappa shape index (κ1) is 13.9. The monoisotopic (exact) mass is 241 g/mol. The maximum absolute atomic E-state index is 14.0. The zero-order valence-electron chi connectivity index (χ0n) is 10.7. The fraction of sp³-hybridized carbons (Fsp3) is 0.538. The largest absolute Gasteiger partial charge is 0.494 e. The minimum absolute atomic E-state index is 0.205. The van der Waals surface area contributed by atoms with Crippen molar-refractivity contribution in [2.24, 2.45) is 11.7 Å². The summed E-state index contributed by atoms with van der Waals surface area (Å²) in [6.07, 6.45) is -0.225. The van der Waals surface area contributed by atoms with Crippen molar-refractivity contribution < 1.29 is 13.9 Å². The molecule has 0 heterocycles. The molecule has 17 heavy (non-hydrogen) atoms. The van der Waals surface area contributed by atoms with Crippen LogP contribution < -0.4 is 10.5 Å². The van der Waals surface area contributed by atoms with Gasteiger partial charge in [-0.1, -0.05) is 26.0 Å². The summed E-state index contributed by atoms with van der Waals surface area (Å²) < 4.78 is 24.3. The molecule has 1 aromatic carbocycles. The third kappa shape index (κ3) is 2.96. The Kier molecular flexibility index (Phi) is 4.90. The van der Waals surface area contributed by atoms with Crippen LogP contribution in [0.2, 0.25) is 0 Å². The lowest BCUT2D eigenvalue weighted by Gasteiger charge is -2.26. The molecule has 0 radical (unpaired) electrons. The highest BCUT2D eigenvalue weighted by Gasteiger charge is 2.25. The lowest BCUT2D eigenvalue weighted by molar-refractivity contribution is 0.0427. The van der Waals surface area contributed by atoms with Gasteiger partial charge in [-0.25, -0.2) is 4.39 Å². The van der Waals surface area contributed by atoms with Gasteiger partial charge in [0, 0.05) is 12.7 Å². The molecule has 2 N–H and O–H groups in total. The van der Waals surface area contributed by atoms with E-state index in [4.69, 9.17) is 15.2 Å². The minimum Gasteiger partial charge on any atom is -0.494 e. The minimum atomic E-state index is -0.505. The molecule has 1 aromatic rings. The molecule has 0 spiro atoms. The Morgan fingerprint density at radius 1 is 1.24 bits per heavy atom. The van der Waals surface area contributed by atoms with Gasteiger partial charge in [0.1, 0.15) is 0 Å². The highest BCUT2D eigenvalue weighted by Crippen LogP contribution is 2.28. The molecule has 1 rings (SSSR count). The van der Waals surface area contributed by atoms with Crippen LogP contribution in [-0.2, 0) is 4.74 Å². The summed E-state index contributed by atoms with van der Waals surface area (Å²) >= 11 is 0. The lowest BCUT2D eigenvalue weighted by atomic mass is 9.94. The molecule has 0 aliphatic carbocycles. The van der Waals surface area contributed by atoms with Crippen molar-refractivity contribution in [3.05, 3.63) is 29.6 Å². The summed E-state index contributed by atoms with van der Waals surface area (Å²) in [5.74, 6) is 0.00219. The standard InChI is InChI=1S/C13H20FNO2/c1-8(2)13(17-4)12(15)9-6-5-7-10(16-3)11(9)14/h5-8,12-13H,15H2,1-4H3. The second kappa shape index (κ2) is 5.98. The number of methoxy groups -OCH3 is 2. The van der Waals surface area contributed by atoms with Crippen molar-refractivity contribution in [1.29, 1.82) is 0 Å². The summed E-state index contributed by atoms with van der Waals surface area (Å²) in [6.45, 7) is 3.98. The third-order valence-corrected chi connectivity index (χ3v) is 2.86. The molecule has 96 valence electrons. The molecule has 0 aromatic heterocycles. The van der Waals surface area contributed by atoms with Crippen molar-refractivity contribution in [3.8, 4) is 5.75 Å². The molecule has 0 aliphatic heterocycles. The lowest BCUT2D eigenvalue weighted by Crippen LogP contribution is -2.33. The maximum atomic E-state index is 14.0. The highest BCUT2D eigenvalue weighted by atomic mass is 19.1. The van der Waals surface area contributed by atoms with E-state index in [-0.39, 0.29) is 17.8 Å². The van der Waals surface area contributed by atoms with Crippen LogP contribution in [0, 0.1) is 11.7 Å². The SMILES string of the molecule is COc1cccc(C(N)C(OC)C(C)C)c1F. The number of rotatable bonds is 5. The highest BCUT2D eigenvalue weighted by molar-refractivity contribution is 5.33. The van der Waals surface area contributed by atoms with Crippen LogP contribution in [0.5, 0.6) is 5.75 Å². The Morgan fingerprint density at radius 3 is 2.35 bits per heavy atom. The van der Waals surface area contributed by atoms with Crippen molar-refractivity contribution in [2.75, 3.05) is 14.2 Å². The molecule has 0 amide bonds. The first-order valence-corrected chi connectivity index (χ1v) is 5.63. The predicted molar refractivity (Wildman–Crippen MR) is 65.5 cm³/mol. The van der Waals surface area contributed by atoms with Crippen LogP contribution in [0.15, 0.2) is 18.2 Å². The summed E-state index contributed by atoms with van der Waals surface area (Å²) in [6, 6.07) is 4.46. The quantitative estimate of drug-likeness (QED) is 0.861. The topological polar surface area (TPSA) is 44.5 Å². The van der Waals surface area contributed by atoms with E-state index in [9.17, 15) is 4.39 Å². The van der Waals surface area contributed by atoms with E-state index in [0.29, 0.717) is 5.56 Å². The Bertz CT molecular complexity index is 368. The molecule has 2 unspecified atom stereocenters. The Labute approximate surface area is 102 Å². The van der Waals surface area contributed by atoms with E-state index >= 15 is 0 Å². The smallest absolute Gasteiger partial charge is 0.169 e. The molecular formula is C13H20FNO2. The average molecular weight is 241 g/mol. The van der Waals surface area contributed by atoms with Gasteiger partial charge >= 0.3 is 0 Å². The summed E-state index contributed by atoms with van der Waals surface area (Å²) in [4.78, 5) is 0. The predicted octanol–water partition coefficient (Wildman–Crippen LogP) is 2.51. The summed E-state index contributed by atoms with van der Waals surface area (Å²) in [5.41, 5.74) is 6.48. The van der Waals surface area contributed by atoms with Crippen molar-refractivity contribution in [2.45, 2.75) is 26.0 Å². The second-order valence-electron chi connectivity index (χ2n) is 4.33. The molecule has 0 fully saturated rings. The van der Waals surface area contributed by atoms with Crippen molar-refractivity contribution >= 4 is 0 Å². The molecule has 4 heteroatoms. The third-order valence-electron chi connectivity index (χ3n) is 2.86. The van der Waals surface area contributed by atoms with E-state index in [1.165, 1.54) is 7.11 Å².